The van der Waals surface area contributed by atoms with Crippen molar-refractivity contribution >= 4 is 50.7 Å². The number of aromatic nitrogens is 4. The average Bonchev–Trinajstić information content (AvgIpc) is 3.32. The Bertz CT molecular complexity index is 1170. The maximum atomic E-state index is 6.09. The Morgan fingerprint density at radius 2 is 2.03 bits per heavy atom. The van der Waals surface area contributed by atoms with E-state index in [2.05, 4.69) is 59.0 Å². The van der Waals surface area contributed by atoms with E-state index >= 15 is 0 Å². The van der Waals surface area contributed by atoms with Crippen molar-refractivity contribution in [2.45, 2.75) is 49.0 Å². The van der Waals surface area contributed by atoms with Gasteiger partial charge in [-0.05, 0) is 23.3 Å². The first-order valence-corrected chi connectivity index (χ1v) is 12.7. The molecule has 29 heavy (non-hydrogen) atoms. The van der Waals surface area contributed by atoms with Gasteiger partial charge < -0.3 is 4.74 Å². The van der Waals surface area contributed by atoms with Crippen molar-refractivity contribution in [3.8, 4) is 0 Å². The molecule has 0 saturated carbocycles. The molecule has 0 bridgehead atoms. The van der Waals surface area contributed by atoms with Gasteiger partial charge in [-0.15, -0.1) is 21.5 Å². The largest absolute Gasteiger partial charge is 0.372 e. The summed E-state index contributed by atoms with van der Waals surface area (Å²) in [4.78, 5) is 7.31. The molecule has 3 aromatic heterocycles. The lowest BCUT2D eigenvalue weighted by Crippen LogP contribution is -2.26. The van der Waals surface area contributed by atoms with Crippen LogP contribution in [0.3, 0.4) is 0 Å². The van der Waals surface area contributed by atoms with Gasteiger partial charge in [-0.3, -0.25) is 0 Å². The van der Waals surface area contributed by atoms with Crippen LogP contribution in [0, 0.1) is 5.92 Å². The fourth-order valence-corrected chi connectivity index (χ4v) is 6.36. The Morgan fingerprint density at radius 1 is 1.21 bits per heavy atom. The summed E-state index contributed by atoms with van der Waals surface area (Å²) in [5, 5.41) is 12.2. The standard InChI is InChI=1S/C21H22N4OS3/c1-12(2)15-9-14-16(10-26-15)29-19-17(14)18-23-24-21(25(18)20(22-19)27-3)28-11-13-7-5-4-6-8-13/h4-8,12,15H,9-11H2,1-3H3/t15-/m1/s1. The predicted molar refractivity (Wildman–Crippen MR) is 121 cm³/mol. The summed E-state index contributed by atoms with van der Waals surface area (Å²) in [6, 6.07) is 10.5. The van der Waals surface area contributed by atoms with Gasteiger partial charge in [0.05, 0.1) is 18.1 Å². The van der Waals surface area contributed by atoms with Crippen molar-refractivity contribution in [1.82, 2.24) is 19.6 Å². The number of rotatable bonds is 5. The molecule has 150 valence electrons. The van der Waals surface area contributed by atoms with Crippen LogP contribution in [0.2, 0.25) is 0 Å². The van der Waals surface area contributed by atoms with Gasteiger partial charge in [-0.25, -0.2) is 9.38 Å². The van der Waals surface area contributed by atoms with Gasteiger partial charge in [0.1, 0.15) is 4.83 Å². The van der Waals surface area contributed by atoms with Crippen molar-refractivity contribution in [3.63, 3.8) is 0 Å². The zero-order valence-electron chi connectivity index (χ0n) is 16.6. The van der Waals surface area contributed by atoms with Gasteiger partial charge in [0.15, 0.2) is 16.0 Å². The zero-order valence-corrected chi connectivity index (χ0v) is 19.0. The molecule has 0 unspecified atom stereocenters. The first-order valence-electron chi connectivity index (χ1n) is 9.67. The monoisotopic (exact) mass is 442 g/mol. The third-order valence-corrected chi connectivity index (χ3v) is 8.03. The first-order chi connectivity index (χ1) is 14.2. The molecule has 1 atom stereocenters. The smallest absolute Gasteiger partial charge is 0.198 e. The molecule has 0 radical (unpaired) electrons. The molecule has 8 heteroatoms. The highest BCUT2D eigenvalue weighted by Crippen LogP contribution is 2.40. The first kappa shape index (κ1) is 19.4. The van der Waals surface area contributed by atoms with Crippen LogP contribution in [0.25, 0.3) is 15.9 Å². The molecule has 1 aliphatic heterocycles. The summed E-state index contributed by atoms with van der Waals surface area (Å²) in [5.74, 6) is 1.35. The van der Waals surface area contributed by atoms with Crippen molar-refractivity contribution in [1.29, 1.82) is 0 Å². The molecule has 0 aliphatic carbocycles. The van der Waals surface area contributed by atoms with Crippen LogP contribution in [0.4, 0.5) is 0 Å². The van der Waals surface area contributed by atoms with E-state index < -0.39 is 0 Å². The summed E-state index contributed by atoms with van der Waals surface area (Å²) in [6.07, 6.45) is 3.22. The second-order valence-corrected chi connectivity index (χ2v) is 10.3. The van der Waals surface area contributed by atoms with Crippen molar-refractivity contribution in [2.75, 3.05) is 6.26 Å². The summed E-state index contributed by atoms with van der Waals surface area (Å²) < 4.78 is 8.22. The van der Waals surface area contributed by atoms with Crippen LogP contribution in [-0.2, 0) is 23.5 Å². The van der Waals surface area contributed by atoms with Crippen LogP contribution >= 0.6 is 34.9 Å². The summed E-state index contributed by atoms with van der Waals surface area (Å²) in [7, 11) is 0. The van der Waals surface area contributed by atoms with E-state index in [1.165, 1.54) is 16.0 Å². The summed E-state index contributed by atoms with van der Waals surface area (Å²) >= 11 is 5.09. The summed E-state index contributed by atoms with van der Waals surface area (Å²) in [6.45, 7) is 5.11. The Morgan fingerprint density at radius 3 is 2.79 bits per heavy atom. The van der Waals surface area contributed by atoms with Gasteiger partial charge in [-0.2, -0.15) is 0 Å². The molecule has 0 N–H and O–H groups in total. The zero-order chi connectivity index (χ0) is 20.0. The molecule has 4 aromatic rings. The van der Waals surface area contributed by atoms with E-state index in [-0.39, 0.29) is 6.10 Å². The van der Waals surface area contributed by atoms with E-state index in [9.17, 15) is 0 Å². The fraction of sp³-hybridized carbons (Fsp3) is 0.381. The van der Waals surface area contributed by atoms with Crippen molar-refractivity contribution in [3.05, 3.63) is 46.3 Å². The lowest BCUT2D eigenvalue weighted by atomic mass is 9.96. The van der Waals surface area contributed by atoms with Crippen LogP contribution < -0.4 is 0 Å². The van der Waals surface area contributed by atoms with Gasteiger partial charge in [0, 0.05) is 17.1 Å². The molecule has 5 rings (SSSR count). The Labute approximate surface area is 182 Å². The van der Waals surface area contributed by atoms with E-state index in [0.717, 1.165) is 38.4 Å². The molecule has 0 fully saturated rings. The van der Waals surface area contributed by atoms with Crippen LogP contribution in [0.15, 0.2) is 40.6 Å². The minimum Gasteiger partial charge on any atom is -0.372 e. The van der Waals surface area contributed by atoms with E-state index in [0.29, 0.717) is 12.5 Å². The van der Waals surface area contributed by atoms with Crippen molar-refractivity contribution < 1.29 is 4.74 Å². The number of nitrogens with zero attached hydrogens (tertiary/aromatic N) is 4. The number of hydrogen-bond donors (Lipinski definition) is 0. The van der Waals surface area contributed by atoms with Gasteiger partial charge in [0.2, 0.25) is 0 Å². The van der Waals surface area contributed by atoms with Crippen LogP contribution in [0.1, 0.15) is 29.9 Å². The summed E-state index contributed by atoms with van der Waals surface area (Å²) in [5.41, 5.74) is 3.56. The number of thiophene rings is 1. The minimum atomic E-state index is 0.246. The quantitative estimate of drug-likeness (QED) is 0.303. The molecule has 0 spiro atoms. The number of benzene rings is 1. The topological polar surface area (TPSA) is 52.3 Å². The maximum absolute atomic E-state index is 6.09. The highest BCUT2D eigenvalue weighted by molar-refractivity contribution is 7.99. The molecule has 1 aliphatic rings. The second-order valence-electron chi connectivity index (χ2n) is 7.50. The number of fused-ring (bicyclic) bond motifs is 5. The number of thioether (sulfide) groups is 2. The average molecular weight is 443 g/mol. The molecular weight excluding hydrogens is 420 g/mol. The number of ether oxygens (including phenoxy) is 1. The molecular formula is C21H22N4OS3. The maximum Gasteiger partial charge on any atom is 0.198 e. The lowest BCUT2D eigenvalue weighted by molar-refractivity contribution is 0.00203. The highest BCUT2D eigenvalue weighted by atomic mass is 32.2. The van der Waals surface area contributed by atoms with E-state index in [1.54, 1.807) is 34.9 Å². The Hall–Kier alpha value is -1.61. The molecule has 0 saturated heterocycles. The van der Waals surface area contributed by atoms with Gasteiger partial charge in [0.25, 0.3) is 0 Å². The SMILES string of the molecule is CSc1nc2sc3c(c2c2nnc(SCc4ccccc4)n12)C[C@H](C(C)C)OC3. The van der Waals surface area contributed by atoms with Gasteiger partial charge in [-0.1, -0.05) is 67.7 Å². The van der Waals surface area contributed by atoms with E-state index in [4.69, 9.17) is 9.72 Å². The Kier molecular flexibility index (Phi) is 5.28. The molecule has 5 nitrogen and oxygen atoms in total. The molecule has 0 amide bonds. The van der Waals surface area contributed by atoms with Crippen LogP contribution in [-0.4, -0.2) is 31.9 Å². The lowest BCUT2D eigenvalue weighted by Gasteiger charge is -2.26. The van der Waals surface area contributed by atoms with Crippen molar-refractivity contribution in [2.24, 2.45) is 5.92 Å². The fourth-order valence-electron chi connectivity index (χ4n) is 3.70. The third kappa shape index (κ3) is 3.46. The van der Waals surface area contributed by atoms with E-state index in [1.807, 2.05) is 6.07 Å². The third-order valence-electron chi connectivity index (χ3n) is 5.29. The Balaban J connectivity index is 1.61. The minimum absolute atomic E-state index is 0.246. The molecule has 1 aromatic carbocycles. The predicted octanol–water partition coefficient (Wildman–Crippen LogP) is 5.45. The highest BCUT2D eigenvalue weighted by Gasteiger charge is 2.28. The number of hydrogen-bond acceptors (Lipinski definition) is 7. The normalized spacial score (nSPS) is 16.8. The van der Waals surface area contributed by atoms with Gasteiger partial charge >= 0.3 is 0 Å². The second kappa shape index (κ2) is 7.91. The van der Waals surface area contributed by atoms with Crippen LogP contribution in [0.5, 0.6) is 0 Å². The molecule has 4 heterocycles.